The highest BCUT2D eigenvalue weighted by Gasteiger charge is 2.19. The van der Waals surface area contributed by atoms with Gasteiger partial charge in [-0.2, -0.15) is 4.39 Å². The first-order chi connectivity index (χ1) is 6.45. The van der Waals surface area contributed by atoms with Gasteiger partial charge in [-0.1, -0.05) is 13.8 Å². The lowest BCUT2D eigenvalue weighted by Crippen LogP contribution is -2.20. The molecule has 1 atom stereocenters. The van der Waals surface area contributed by atoms with Crippen LogP contribution < -0.4 is 5.73 Å². The lowest BCUT2D eigenvalue weighted by molar-refractivity contribution is 0.469. The van der Waals surface area contributed by atoms with Crippen LogP contribution in [0.5, 0.6) is 0 Å². The van der Waals surface area contributed by atoms with Crippen molar-refractivity contribution in [3.63, 3.8) is 0 Å². The lowest BCUT2D eigenvalue weighted by Gasteiger charge is -2.19. The van der Waals surface area contributed by atoms with Gasteiger partial charge in [0.15, 0.2) is 0 Å². The summed E-state index contributed by atoms with van der Waals surface area (Å²) < 4.78 is 14.2. The molecule has 0 aromatic carbocycles. The minimum absolute atomic E-state index is 0.194. The van der Waals surface area contributed by atoms with E-state index in [4.69, 9.17) is 5.73 Å². The largest absolute Gasteiger partial charge is 0.324 e. The number of aromatic nitrogens is 1. The van der Waals surface area contributed by atoms with Crippen molar-refractivity contribution in [1.82, 2.24) is 4.98 Å². The van der Waals surface area contributed by atoms with Gasteiger partial charge in [0.05, 0.1) is 0 Å². The summed E-state index contributed by atoms with van der Waals surface area (Å²) in [4.78, 5) is 3.65. The number of pyridine rings is 1. The standard InChI is InChI=1S/C10H14BrFN2/c1-5(2)9(13)8-6(3)7(11)4-14-10(8)12/h4-5,9H,13H2,1-3H3/t9-/m1/s1. The van der Waals surface area contributed by atoms with Crippen LogP contribution >= 0.6 is 15.9 Å². The number of nitrogens with two attached hydrogens (primary N) is 1. The van der Waals surface area contributed by atoms with E-state index in [1.165, 1.54) is 6.20 Å². The number of hydrogen-bond donors (Lipinski definition) is 1. The van der Waals surface area contributed by atoms with Gasteiger partial charge in [0.1, 0.15) is 0 Å². The highest BCUT2D eigenvalue weighted by molar-refractivity contribution is 9.10. The molecule has 0 saturated heterocycles. The maximum Gasteiger partial charge on any atom is 0.217 e. The van der Waals surface area contributed by atoms with E-state index in [1.807, 2.05) is 20.8 Å². The van der Waals surface area contributed by atoms with Crippen molar-refractivity contribution in [1.29, 1.82) is 0 Å². The third-order valence-electron chi connectivity index (χ3n) is 2.33. The molecule has 1 aromatic rings. The van der Waals surface area contributed by atoms with E-state index >= 15 is 0 Å². The zero-order chi connectivity index (χ0) is 10.9. The third kappa shape index (κ3) is 2.12. The first-order valence-electron chi connectivity index (χ1n) is 4.51. The van der Waals surface area contributed by atoms with Crippen LogP contribution in [0.15, 0.2) is 10.7 Å². The van der Waals surface area contributed by atoms with Crippen molar-refractivity contribution < 1.29 is 4.39 Å². The molecule has 0 bridgehead atoms. The average Bonchev–Trinajstić information content (AvgIpc) is 2.12. The van der Waals surface area contributed by atoms with Gasteiger partial charge < -0.3 is 5.73 Å². The molecular formula is C10H14BrFN2. The molecule has 4 heteroatoms. The molecule has 1 rings (SSSR count). The van der Waals surface area contributed by atoms with Gasteiger partial charge >= 0.3 is 0 Å². The molecule has 2 N–H and O–H groups in total. The Morgan fingerprint density at radius 3 is 2.57 bits per heavy atom. The Morgan fingerprint density at radius 2 is 2.07 bits per heavy atom. The first kappa shape index (κ1) is 11.6. The number of halogens is 2. The average molecular weight is 261 g/mol. The van der Waals surface area contributed by atoms with Crippen LogP contribution in [0.2, 0.25) is 0 Å². The summed E-state index contributed by atoms with van der Waals surface area (Å²) in [6.07, 6.45) is 1.46. The second-order valence-electron chi connectivity index (χ2n) is 3.71. The van der Waals surface area contributed by atoms with Crippen molar-refractivity contribution >= 4 is 15.9 Å². The number of nitrogens with zero attached hydrogens (tertiary/aromatic N) is 1. The van der Waals surface area contributed by atoms with E-state index in [1.54, 1.807) is 0 Å². The second-order valence-corrected chi connectivity index (χ2v) is 4.56. The summed E-state index contributed by atoms with van der Waals surface area (Å²) >= 11 is 3.31. The van der Waals surface area contributed by atoms with E-state index in [9.17, 15) is 4.39 Å². The topological polar surface area (TPSA) is 38.9 Å². The van der Waals surface area contributed by atoms with E-state index < -0.39 is 5.95 Å². The molecule has 0 fully saturated rings. The Balaban J connectivity index is 3.25. The van der Waals surface area contributed by atoms with Crippen molar-refractivity contribution in [3.8, 4) is 0 Å². The van der Waals surface area contributed by atoms with E-state index in [2.05, 4.69) is 20.9 Å². The fourth-order valence-electron chi connectivity index (χ4n) is 1.28. The fraction of sp³-hybridized carbons (Fsp3) is 0.500. The van der Waals surface area contributed by atoms with Gasteiger partial charge in [-0.05, 0) is 34.3 Å². The summed E-state index contributed by atoms with van der Waals surface area (Å²) in [6, 6.07) is -0.306. The Hall–Kier alpha value is -0.480. The maximum absolute atomic E-state index is 13.4. The van der Waals surface area contributed by atoms with E-state index in [0.717, 1.165) is 10.0 Å². The Labute approximate surface area is 91.8 Å². The van der Waals surface area contributed by atoms with Crippen molar-refractivity contribution in [2.24, 2.45) is 11.7 Å². The Kier molecular flexibility index (Phi) is 3.61. The van der Waals surface area contributed by atoms with Crippen LogP contribution in [0.25, 0.3) is 0 Å². The molecule has 0 aliphatic rings. The monoisotopic (exact) mass is 260 g/mol. The van der Waals surface area contributed by atoms with Gasteiger partial charge in [-0.15, -0.1) is 0 Å². The maximum atomic E-state index is 13.4. The van der Waals surface area contributed by atoms with Crippen molar-refractivity contribution in [2.75, 3.05) is 0 Å². The molecule has 14 heavy (non-hydrogen) atoms. The van der Waals surface area contributed by atoms with Crippen molar-refractivity contribution in [2.45, 2.75) is 26.8 Å². The zero-order valence-electron chi connectivity index (χ0n) is 8.51. The summed E-state index contributed by atoms with van der Waals surface area (Å²) in [7, 11) is 0. The summed E-state index contributed by atoms with van der Waals surface area (Å²) in [5.41, 5.74) is 7.25. The molecule has 1 aromatic heterocycles. The highest BCUT2D eigenvalue weighted by atomic mass is 79.9. The SMILES string of the molecule is Cc1c(Br)cnc(F)c1[C@H](N)C(C)C. The highest BCUT2D eigenvalue weighted by Crippen LogP contribution is 2.28. The van der Waals surface area contributed by atoms with Crippen LogP contribution in [-0.2, 0) is 0 Å². The predicted octanol–water partition coefficient (Wildman–Crippen LogP) is 2.95. The third-order valence-corrected chi connectivity index (χ3v) is 3.13. The first-order valence-corrected chi connectivity index (χ1v) is 5.30. The quantitative estimate of drug-likeness (QED) is 0.831. The minimum Gasteiger partial charge on any atom is -0.324 e. The van der Waals surface area contributed by atoms with Crippen molar-refractivity contribution in [3.05, 3.63) is 27.7 Å². The summed E-state index contributed by atoms with van der Waals surface area (Å²) in [6.45, 7) is 5.77. The molecule has 2 nitrogen and oxygen atoms in total. The van der Waals surface area contributed by atoms with Gasteiger partial charge in [0, 0.05) is 22.3 Å². The summed E-state index contributed by atoms with van der Waals surface area (Å²) in [5.74, 6) is -0.272. The fourth-order valence-corrected chi connectivity index (χ4v) is 1.60. The van der Waals surface area contributed by atoms with Crippen LogP contribution in [0, 0.1) is 18.8 Å². The molecule has 0 unspecified atom stereocenters. The number of rotatable bonds is 2. The minimum atomic E-state index is -0.466. The molecule has 1 heterocycles. The smallest absolute Gasteiger partial charge is 0.217 e. The molecule has 0 radical (unpaired) electrons. The molecular weight excluding hydrogens is 247 g/mol. The van der Waals surface area contributed by atoms with Gasteiger partial charge in [-0.3, -0.25) is 0 Å². The number of hydrogen-bond acceptors (Lipinski definition) is 2. The molecule has 0 aliphatic heterocycles. The van der Waals surface area contributed by atoms with Gasteiger partial charge in [0.25, 0.3) is 0 Å². The Bertz CT molecular complexity index is 339. The second kappa shape index (κ2) is 4.36. The lowest BCUT2D eigenvalue weighted by atomic mass is 9.95. The van der Waals surface area contributed by atoms with Crippen LogP contribution in [0.4, 0.5) is 4.39 Å². The van der Waals surface area contributed by atoms with Crippen LogP contribution in [0.3, 0.4) is 0 Å². The van der Waals surface area contributed by atoms with E-state index in [0.29, 0.717) is 5.56 Å². The molecule has 0 spiro atoms. The van der Waals surface area contributed by atoms with E-state index in [-0.39, 0.29) is 12.0 Å². The molecule has 0 amide bonds. The van der Waals surface area contributed by atoms with Gasteiger partial charge in [-0.25, -0.2) is 4.98 Å². The zero-order valence-corrected chi connectivity index (χ0v) is 10.1. The molecule has 0 saturated carbocycles. The Morgan fingerprint density at radius 1 is 1.50 bits per heavy atom. The van der Waals surface area contributed by atoms with Crippen LogP contribution in [0.1, 0.15) is 31.0 Å². The van der Waals surface area contributed by atoms with Gasteiger partial charge in [0.2, 0.25) is 5.95 Å². The predicted molar refractivity (Wildman–Crippen MR) is 58.4 cm³/mol. The molecule has 78 valence electrons. The normalized spacial score (nSPS) is 13.4. The summed E-state index contributed by atoms with van der Waals surface area (Å²) in [5, 5.41) is 0. The van der Waals surface area contributed by atoms with Crippen LogP contribution in [-0.4, -0.2) is 4.98 Å². The molecule has 0 aliphatic carbocycles.